The van der Waals surface area contributed by atoms with E-state index in [1.807, 2.05) is 0 Å². The summed E-state index contributed by atoms with van der Waals surface area (Å²) in [6.45, 7) is 7.01. The standard InChI is InChI=1S/C22H24N2/c1-15-22(2,3)18-11-7-6-10-17(18)21(24(15)4)20-14-13-16-9-5-8-12-19(16)23-20/h5-15,21H,1-4H3. The summed E-state index contributed by atoms with van der Waals surface area (Å²) >= 11 is 0. The van der Waals surface area contributed by atoms with Crippen LogP contribution >= 0.6 is 0 Å². The Balaban J connectivity index is 1.92. The van der Waals surface area contributed by atoms with Crippen molar-refractivity contribution in [2.24, 2.45) is 0 Å². The summed E-state index contributed by atoms with van der Waals surface area (Å²) in [6, 6.07) is 22.2. The Morgan fingerprint density at radius 2 is 1.62 bits per heavy atom. The minimum atomic E-state index is 0.124. The Hall–Kier alpha value is -2.19. The summed E-state index contributed by atoms with van der Waals surface area (Å²) in [5.74, 6) is 0. The van der Waals surface area contributed by atoms with E-state index in [9.17, 15) is 0 Å². The summed E-state index contributed by atoms with van der Waals surface area (Å²) in [7, 11) is 2.23. The van der Waals surface area contributed by atoms with Gasteiger partial charge < -0.3 is 0 Å². The van der Waals surface area contributed by atoms with E-state index < -0.39 is 0 Å². The molecule has 0 radical (unpaired) electrons. The Bertz CT molecular complexity index is 897. The van der Waals surface area contributed by atoms with Gasteiger partial charge in [-0.05, 0) is 37.2 Å². The van der Waals surface area contributed by atoms with E-state index in [1.165, 1.54) is 16.5 Å². The molecule has 2 heterocycles. The maximum absolute atomic E-state index is 4.99. The molecule has 2 nitrogen and oxygen atoms in total. The van der Waals surface area contributed by atoms with Gasteiger partial charge in [0.05, 0.1) is 17.3 Å². The second-order valence-electron chi connectivity index (χ2n) is 7.48. The molecule has 0 N–H and O–H groups in total. The largest absolute Gasteiger partial charge is 0.291 e. The molecule has 4 rings (SSSR count). The maximum atomic E-state index is 4.99. The number of hydrogen-bond acceptors (Lipinski definition) is 2. The molecule has 1 aliphatic heterocycles. The lowest BCUT2D eigenvalue weighted by Gasteiger charge is -2.48. The molecule has 0 fully saturated rings. The second-order valence-corrected chi connectivity index (χ2v) is 7.48. The first-order valence-electron chi connectivity index (χ1n) is 8.67. The zero-order chi connectivity index (χ0) is 16.9. The van der Waals surface area contributed by atoms with Gasteiger partial charge in [0.15, 0.2) is 0 Å². The molecule has 0 amide bonds. The van der Waals surface area contributed by atoms with Crippen molar-refractivity contribution in [3.63, 3.8) is 0 Å². The van der Waals surface area contributed by atoms with E-state index in [1.54, 1.807) is 0 Å². The molecule has 1 aromatic heterocycles. The number of nitrogens with zero attached hydrogens (tertiary/aromatic N) is 2. The molecular weight excluding hydrogens is 292 g/mol. The number of para-hydroxylation sites is 1. The van der Waals surface area contributed by atoms with Crippen LogP contribution in [0.4, 0.5) is 0 Å². The van der Waals surface area contributed by atoms with Gasteiger partial charge in [0.1, 0.15) is 0 Å². The van der Waals surface area contributed by atoms with Gasteiger partial charge in [-0.15, -0.1) is 0 Å². The van der Waals surface area contributed by atoms with Gasteiger partial charge in [-0.2, -0.15) is 0 Å². The molecular formula is C22H24N2. The molecule has 2 unspecified atom stereocenters. The Kier molecular flexibility index (Phi) is 3.47. The smallest absolute Gasteiger partial charge is 0.0779 e. The molecule has 2 heteroatoms. The zero-order valence-electron chi connectivity index (χ0n) is 14.8. The lowest BCUT2D eigenvalue weighted by Crippen LogP contribution is -2.50. The highest BCUT2D eigenvalue weighted by atomic mass is 15.2. The highest BCUT2D eigenvalue weighted by Gasteiger charge is 2.42. The molecule has 24 heavy (non-hydrogen) atoms. The average Bonchev–Trinajstić information content (AvgIpc) is 2.60. The predicted octanol–water partition coefficient (Wildman–Crippen LogP) is 4.94. The van der Waals surface area contributed by atoms with Crippen molar-refractivity contribution in [3.05, 3.63) is 77.5 Å². The van der Waals surface area contributed by atoms with Gasteiger partial charge >= 0.3 is 0 Å². The monoisotopic (exact) mass is 316 g/mol. The normalized spacial score (nSPS) is 23.2. The van der Waals surface area contributed by atoms with Crippen LogP contribution in [0, 0.1) is 0 Å². The highest BCUT2D eigenvalue weighted by molar-refractivity contribution is 5.78. The third-order valence-corrected chi connectivity index (χ3v) is 5.91. The quantitative estimate of drug-likeness (QED) is 0.632. The van der Waals surface area contributed by atoms with Crippen molar-refractivity contribution in [3.8, 4) is 0 Å². The molecule has 0 saturated heterocycles. The predicted molar refractivity (Wildman–Crippen MR) is 100 cm³/mol. The minimum absolute atomic E-state index is 0.124. The van der Waals surface area contributed by atoms with E-state index in [0.717, 1.165) is 11.2 Å². The molecule has 122 valence electrons. The second kappa shape index (κ2) is 5.42. The van der Waals surface area contributed by atoms with Crippen molar-refractivity contribution in [2.75, 3.05) is 7.05 Å². The zero-order valence-corrected chi connectivity index (χ0v) is 14.8. The molecule has 3 aromatic rings. The van der Waals surface area contributed by atoms with E-state index in [4.69, 9.17) is 4.98 Å². The third kappa shape index (κ3) is 2.17. The van der Waals surface area contributed by atoms with Gasteiger partial charge in [0.2, 0.25) is 0 Å². The Morgan fingerprint density at radius 1 is 0.917 bits per heavy atom. The van der Waals surface area contributed by atoms with Gasteiger partial charge in [0.25, 0.3) is 0 Å². The number of pyridine rings is 1. The van der Waals surface area contributed by atoms with Gasteiger partial charge in [-0.1, -0.05) is 62.4 Å². The topological polar surface area (TPSA) is 16.1 Å². The van der Waals surface area contributed by atoms with E-state index in [2.05, 4.69) is 93.4 Å². The molecule has 0 saturated carbocycles. The first kappa shape index (κ1) is 15.3. The summed E-state index contributed by atoms with van der Waals surface area (Å²) in [5.41, 5.74) is 5.14. The van der Waals surface area contributed by atoms with Crippen molar-refractivity contribution in [2.45, 2.75) is 38.3 Å². The number of hydrogen-bond donors (Lipinski definition) is 0. The number of benzene rings is 2. The van der Waals surface area contributed by atoms with Crippen LogP contribution in [-0.4, -0.2) is 23.0 Å². The first-order chi connectivity index (χ1) is 11.5. The number of rotatable bonds is 1. The fourth-order valence-electron chi connectivity index (χ4n) is 4.10. The molecule has 2 aromatic carbocycles. The Labute approximate surface area is 144 Å². The van der Waals surface area contributed by atoms with E-state index in [-0.39, 0.29) is 11.5 Å². The van der Waals surface area contributed by atoms with Gasteiger partial charge in [0, 0.05) is 16.8 Å². The van der Waals surface area contributed by atoms with Gasteiger partial charge in [-0.25, -0.2) is 0 Å². The number of aromatic nitrogens is 1. The van der Waals surface area contributed by atoms with Crippen molar-refractivity contribution >= 4 is 10.9 Å². The van der Waals surface area contributed by atoms with Crippen LogP contribution in [0.2, 0.25) is 0 Å². The van der Waals surface area contributed by atoms with Crippen LogP contribution in [0.5, 0.6) is 0 Å². The van der Waals surface area contributed by atoms with Crippen LogP contribution in [0.15, 0.2) is 60.7 Å². The Morgan fingerprint density at radius 3 is 2.46 bits per heavy atom. The fraction of sp³-hybridized carbons (Fsp3) is 0.318. The van der Waals surface area contributed by atoms with E-state index >= 15 is 0 Å². The summed E-state index contributed by atoms with van der Waals surface area (Å²) < 4.78 is 0. The number of fused-ring (bicyclic) bond motifs is 2. The first-order valence-corrected chi connectivity index (χ1v) is 8.67. The summed E-state index contributed by atoms with van der Waals surface area (Å²) in [4.78, 5) is 7.46. The van der Waals surface area contributed by atoms with Crippen molar-refractivity contribution < 1.29 is 0 Å². The lowest BCUT2D eigenvalue weighted by molar-refractivity contribution is 0.123. The molecule has 0 aliphatic carbocycles. The molecule has 2 atom stereocenters. The SMILES string of the molecule is CC1N(C)C(c2ccc3ccccc3n2)c2ccccc2C1(C)C. The minimum Gasteiger partial charge on any atom is -0.291 e. The lowest BCUT2D eigenvalue weighted by atomic mass is 9.70. The fourth-order valence-corrected chi connectivity index (χ4v) is 4.10. The van der Waals surface area contributed by atoms with Crippen molar-refractivity contribution in [1.29, 1.82) is 0 Å². The summed E-state index contributed by atoms with van der Waals surface area (Å²) in [5, 5.41) is 1.20. The maximum Gasteiger partial charge on any atom is 0.0779 e. The van der Waals surface area contributed by atoms with Crippen molar-refractivity contribution in [1.82, 2.24) is 9.88 Å². The number of likely N-dealkylation sites (N-methyl/N-ethyl adjacent to an activating group) is 1. The molecule has 1 aliphatic rings. The van der Waals surface area contributed by atoms with Crippen LogP contribution in [-0.2, 0) is 5.41 Å². The van der Waals surface area contributed by atoms with Crippen LogP contribution < -0.4 is 0 Å². The summed E-state index contributed by atoms with van der Waals surface area (Å²) in [6.07, 6.45) is 0. The van der Waals surface area contributed by atoms with Gasteiger partial charge in [-0.3, -0.25) is 9.88 Å². The van der Waals surface area contributed by atoms with Crippen LogP contribution in [0.25, 0.3) is 10.9 Å². The van der Waals surface area contributed by atoms with Crippen LogP contribution in [0.3, 0.4) is 0 Å². The molecule has 0 bridgehead atoms. The highest BCUT2D eigenvalue weighted by Crippen LogP contribution is 2.45. The van der Waals surface area contributed by atoms with Crippen LogP contribution in [0.1, 0.15) is 43.6 Å². The van der Waals surface area contributed by atoms with E-state index in [0.29, 0.717) is 6.04 Å². The average molecular weight is 316 g/mol. The molecule has 0 spiro atoms. The third-order valence-electron chi connectivity index (χ3n) is 5.91.